The fourth-order valence-electron chi connectivity index (χ4n) is 10.3. The summed E-state index contributed by atoms with van der Waals surface area (Å²) in [6.07, 6.45) is 0. The Balaban J connectivity index is 1.18. The molecule has 0 saturated heterocycles. The first-order valence-corrected chi connectivity index (χ1v) is 22.3. The van der Waals surface area contributed by atoms with Crippen molar-refractivity contribution in [1.82, 2.24) is 14.0 Å². The molecular weight excluding hydrogens is 746 g/mol. The molecule has 10 aromatic rings. The molecule has 2 aliphatic rings. The van der Waals surface area contributed by atoms with E-state index in [1.807, 2.05) is 11.8 Å². The number of pyridine rings is 1. The molecule has 0 spiro atoms. The third-order valence-electron chi connectivity index (χ3n) is 13.6. The van der Waals surface area contributed by atoms with Crippen molar-refractivity contribution in [2.24, 2.45) is 0 Å². The maximum Gasteiger partial charge on any atom is 0.249 e. The van der Waals surface area contributed by atoms with E-state index in [1.165, 1.54) is 103 Å². The zero-order valence-corrected chi connectivity index (χ0v) is 36.8. The maximum absolute atomic E-state index is 5.28. The van der Waals surface area contributed by atoms with Gasteiger partial charge in [-0.3, -0.25) is 4.40 Å². The van der Waals surface area contributed by atoms with Crippen LogP contribution in [0.25, 0.3) is 77.0 Å². The third-order valence-corrected chi connectivity index (χ3v) is 14.7. The first-order chi connectivity index (χ1) is 28.6. The van der Waals surface area contributed by atoms with Gasteiger partial charge in [-0.05, 0) is 115 Å². The number of benzene rings is 7. The molecule has 5 heterocycles. The van der Waals surface area contributed by atoms with Crippen LogP contribution < -0.4 is 16.4 Å². The summed E-state index contributed by atoms with van der Waals surface area (Å²) in [7, 11) is 0. The van der Waals surface area contributed by atoms with Gasteiger partial charge < -0.3 is 4.57 Å². The van der Waals surface area contributed by atoms with Gasteiger partial charge in [0.15, 0.2) is 0 Å². The molecule has 0 amide bonds. The Kier molecular flexibility index (Phi) is 7.19. The van der Waals surface area contributed by atoms with Crippen LogP contribution in [0.1, 0.15) is 79.0 Å². The van der Waals surface area contributed by atoms with Crippen LogP contribution in [0.5, 0.6) is 0 Å². The molecule has 7 aromatic carbocycles. The molecule has 3 aromatic heterocycles. The molecule has 0 aliphatic carbocycles. The minimum atomic E-state index is -0.0126. The van der Waals surface area contributed by atoms with E-state index in [0.717, 1.165) is 16.7 Å². The van der Waals surface area contributed by atoms with Gasteiger partial charge in [0.25, 0.3) is 0 Å². The number of rotatable bonds is 1. The number of hydrogen-bond donors (Lipinski definition) is 0. The van der Waals surface area contributed by atoms with Crippen LogP contribution in [0.3, 0.4) is 0 Å². The largest absolute Gasteiger partial charge is 0.310 e. The van der Waals surface area contributed by atoms with Gasteiger partial charge in [0.1, 0.15) is 5.65 Å². The van der Waals surface area contributed by atoms with Crippen LogP contribution >= 0.6 is 11.8 Å². The van der Waals surface area contributed by atoms with Gasteiger partial charge in [0.05, 0.1) is 22.1 Å². The molecule has 0 unspecified atom stereocenters. The summed E-state index contributed by atoms with van der Waals surface area (Å²) in [6, 6.07) is 49.0. The predicted octanol–water partition coefficient (Wildman–Crippen LogP) is 12.7. The Hall–Kier alpha value is -5.78. The van der Waals surface area contributed by atoms with Crippen LogP contribution in [-0.2, 0) is 16.2 Å². The lowest BCUT2D eigenvalue weighted by atomic mass is 9.35. The molecule has 12 rings (SSSR count). The van der Waals surface area contributed by atoms with Crippen LogP contribution in [0.4, 0.5) is 0 Å². The first-order valence-electron chi connectivity index (χ1n) is 21.5. The molecule has 60 heavy (non-hydrogen) atoms. The summed E-state index contributed by atoms with van der Waals surface area (Å²) in [5.74, 6) is 0. The molecule has 0 N–H and O–H groups in total. The second kappa shape index (κ2) is 11.9. The molecular formula is C55H48BN3S. The van der Waals surface area contributed by atoms with E-state index >= 15 is 0 Å². The van der Waals surface area contributed by atoms with E-state index in [-0.39, 0.29) is 23.0 Å². The lowest BCUT2D eigenvalue weighted by Gasteiger charge is -2.35. The molecule has 292 valence electrons. The van der Waals surface area contributed by atoms with Gasteiger partial charge in [0.2, 0.25) is 6.71 Å². The highest BCUT2D eigenvalue weighted by Gasteiger charge is 2.41. The van der Waals surface area contributed by atoms with Crippen LogP contribution in [0.2, 0.25) is 0 Å². The molecule has 0 fully saturated rings. The van der Waals surface area contributed by atoms with Crippen molar-refractivity contribution in [3.63, 3.8) is 0 Å². The van der Waals surface area contributed by atoms with Gasteiger partial charge in [-0.1, -0.05) is 152 Å². The fraction of sp³-hybridized carbons (Fsp3) is 0.218. The van der Waals surface area contributed by atoms with Crippen molar-refractivity contribution in [1.29, 1.82) is 0 Å². The Bertz CT molecular complexity index is 3530. The molecule has 0 saturated carbocycles. The molecule has 0 radical (unpaired) electrons. The van der Waals surface area contributed by atoms with Crippen molar-refractivity contribution < 1.29 is 0 Å². The monoisotopic (exact) mass is 793 g/mol. The molecule has 0 atom stereocenters. The summed E-state index contributed by atoms with van der Waals surface area (Å²) in [5.41, 5.74) is 19.1. The molecule has 5 heteroatoms. The molecule has 3 nitrogen and oxygen atoms in total. The second-order valence-electron chi connectivity index (χ2n) is 20.5. The minimum absolute atomic E-state index is 0.0126. The smallest absolute Gasteiger partial charge is 0.249 e. The molecule has 0 bridgehead atoms. The predicted molar refractivity (Wildman–Crippen MR) is 259 cm³/mol. The Morgan fingerprint density at radius 2 is 1.15 bits per heavy atom. The maximum atomic E-state index is 5.28. The average molecular weight is 794 g/mol. The van der Waals surface area contributed by atoms with Crippen molar-refractivity contribution in [2.45, 2.75) is 88.3 Å². The second-order valence-corrected chi connectivity index (χ2v) is 21.6. The van der Waals surface area contributed by atoms with E-state index in [0.29, 0.717) is 0 Å². The molecule has 2 aliphatic heterocycles. The van der Waals surface area contributed by atoms with E-state index in [4.69, 9.17) is 4.98 Å². The van der Waals surface area contributed by atoms with Crippen molar-refractivity contribution in [3.8, 4) is 16.8 Å². The summed E-state index contributed by atoms with van der Waals surface area (Å²) in [4.78, 5) is 7.98. The van der Waals surface area contributed by atoms with Gasteiger partial charge in [-0.2, -0.15) is 0 Å². The number of nitrogens with zero attached hydrogens (tertiary/aromatic N) is 3. The summed E-state index contributed by atoms with van der Waals surface area (Å²) >= 11 is 1.95. The average Bonchev–Trinajstić information content (AvgIpc) is 3.77. The third kappa shape index (κ3) is 5.02. The lowest BCUT2D eigenvalue weighted by Crippen LogP contribution is -2.59. The van der Waals surface area contributed by atoms with E-state index in [9.17, 15) is 0 Å². The Morgan fingerprint density at radius 3 is 1.92 bits per heavy atom. The number of para-hydroxylation sites is 1. The van der Waals surface area contributed by atoms with Crippen molar-refractivity contribution in [3.05, 3.63) is 144 Å². The number of aromatic nitrogens is 3. The van der Waals surface area contributed by atoms with E-state index in [1.54, 1.807) is 0 Å². The van der Waals surface area contributed by atoms with E-state index < -0.39 is 0 Å². The number of hydrogen-bond acceptors (Lipinski definition) is 2. The quantitative estimate of drug-likeness (QED) is 0.122. The first kappa shape index (κ1) is 36.1. The highest BCUT2D eigenvalue weighted by molar-refractivity contribution is 8.00. The highest BCUT2D eigenvalue weighted by Crippen LogP contribution is 2.44. The Labute approximate surface area is 356 Å². The topological polar surface area (TPSA) is 22.2 Å². The zero-order valence-electron chi connectivity index (χ0n) is 36.0. The number of imidazole rings is 1. The highest BCUT2D eigenvalue weighted by atomic mass is 32.2. The summed E-state index contributed by atoms with van der Waals surface area (Å²) in [5, 5.41) is 6.35. The lowest BCUT2D eigenvalue weighted by molar-refractivity contribution is 0.590. The van der Waals surface area contributed by atoms with Gasteiger partial charge in [-0.15, -0.1) is 0 Å². The van der Waals surface area contributed by atoms with Crippen LogP contribution in [-0.4, -0.2) is 20.7 Å². The normalized spacial score (nSPS) is 14.0. The summed E-state index contributed by atoms with van der Waals surface area (Å²) in [6.45, 7) is 21.2. The number of fused-ring (bicyclic) bond motifs is 15. The van der Waals surface area contributed by atoms with Crippen LogP contribution in [0, 0.1) is 0 Å². The van der Waals surface area contributed by atoms with Gasteiger partial charge >= 0.3 is 0 Å². The zero-order chi connectivity index (χ0) is 41.2. The van der Waals surface area contributed by atoms with E-state index in [2.05, 4.69) is 199 Å². The Morgan fingerprint density at radius 1 is 0.483 bits per heavy atom. The minimum Gasteiger partial charge on any atom is -0.310 e. The fourth-order valence-corrected chi connectivity index (χ4v) is 11.5. The van der Waals surface area contributed by atoms with Gasteiger partial charge in [0, 0.05) is 42.5 Å². The standard InChI is InChI=1S/C55H48BN3S/c1-53(2,3)33-19-22-45-39(27-33)40-28-35(55(7,8)9)30-42-51(40)58(45)47-25-32(26-49-50(47)56(42)41-29-34(54(4,5)6)20-23-48(41)60-49)31-18-21-43-46(24-31)59-44-17-13-12-15-37(44)36-14-10-11-16-38(36)52(59)57-43/h10-30H,1-9H3. The van der Waals surface area contributed by atoms with Crippen molar-refractivity contribution in [2.75, 3.05) is 0 Å². The SMILES string of the molecule is CC(C)(C)c1ccc2c(c1)B1c3c(cc(-c4ccc5nc6c7ccccc7c7ccccc7n6c5c4)cc3-n3c4ccc(C(C)(C)C)cc4c4cc(C(C)(C)C)cc1c43)S2. The van der Waals surface area contributed by atoms with Crippen molar-refractivity contribution >= 4 is 95.0 Å². The van der Waals surface area contributed by atoms with Crippen LogP contribution in [0.15, 0.2) is 137 Å². The van der Waals surface area contributed by atoms with Gasteiger partial charge in [-0.25, -0.2) is 4.98 Å². The summed E-state index contributed by atoms with van der Waals surface area (Å²) < 4.78 is 5.01.